The first-order valence-electron chi connectivity index (χ1n) is 5.51. The molecule has 0 unspecified atom stereocenters. The highest BCUT2D eigenvalue weighted by Crippen LogP contribution is 2.24. The van der Waals surface area contributed by atoms with Crippen molar-refractivity contribution in [1.29, 1.82) is 5.26 Å². The number of aromatic nitrogens is 1. The third kappa shape index (κ3) is 2.53. The lowest BCUT2D eigenvalue weighted by Crippen LogP contribution is -2.08. The smallest absolute Gasteiger partial charge is 0.357 e. The van der Waals surface area contributed by atoms with E-state index in [9.17, 15) is 4.79 Å². The van der Waals surface area contributed by atoms with E-state index in [1.807, 2.05) is 6.07 Å². The van der Waals surface area contributed by atoms with Gasteiger partial charge in [0.1, 0.15) is 5.82 Å². The Morgan fingerprint density at radius 3 is 2.84 bits per heavy atom. The molecule has 5 nitrogen and oxygen atoms in total. The first-order chi connectivity index (χ1) is 9.15. The topological polar surface area (TPSA) is 89.0 Å². The molecule has 0 aliphatic heterocycles. The van der Waals surface area contributed by atoms with Gasteiger partial charge in [-0.05, 0) is 29.8 Å². The van der Waals surface area contributed by atoms with E-state index in [1.54, 1.807) is 36.4 Å². The van der Waals surface area contributed by atoms with E-state index in [0.29, 0.717) is 16.7 Å². The molecule has 0 saturated carbocycles. The van der Waals surface area contributed by atoms with Gasteiger partial charge in [0.05, 0.1) is 18.7 Å². The number of nitrogen functional groups attached to an aromatic ring is 1. The van der Waals surface area contributed by atoms with Crippen molar-refractivity contribution >= 4 is 11.8 Å². The highest BCUT2D eigenvalue weighted by Gasteiger charge is 2.15. The van der Waals surface area contributed by atoms with Crippen LogP contribution in [0.4, 0.5) is 5.82 Å². The second-order valence-electron chi connectivity index (χ2n) is 3.82. The van der Waals surface area contributed by atoms with Gasteiger partial charge in [-0.15, -0.1) is 0 Å². The standard InChI is InChI=1S/C14H11N3O2/c1-19-14(18)13-11(5-6-12(16)17-13)10-4-2-3-9(7-10)8-15/h2-7H,1H3,(H2,16,17). The molecule has 0 atom stereocenters. The molecule has 0 fully saturated rings. The maximum Gasteiger partial charge on any atom is 0.357 e. The summed E-state index contributed by atoms with van der Waals surface area (Å²) in [6.45, 7) is 0. The molecule has 1 aromatic carbocycles. The van der Waals surface area contributed by atoms with Gasteiger partial charge < -0.3 is 10.5 Å². The number of hydrogen-bond acceptors (Lipinski definition) is 5. The van der Waals surface area contributed by atoms with Gasteiger partial charge in [-0.3, -0.25) is 0 Å². The second kappa shape index (κ2) is 5.19. The molecule has 0 aliphatic carbocycles. The number of ether oxygens (including phenoxy) is 1. The molecule has 2 rings (SSSR count). The Balaban J connectivity index is 2.61. The minimum Gasteiger partial charge on any atom is -0.464 e. The Hall–Kier alpha value is -2.87. The molecule has 5 heteroatoms. The first kappa shape index (κ1) is 12.6. The van der Waals surface area contributed by atoms with Crippen molar-refractivity contribution in [2.24, 2.45) is 0 Å². The van der Waals surface area contributed by atoms with Crippen molar-refractivity contribution in [3.63, 3.8) is 0 Å². The van der Waals surface area contributed by atoms with Gasteiger partial charge in [-0.1, -0.05) is 12.1 Å². The molecule has 0 bridgehead atoms. The van der Waals surface area contributed by atoms with E-state index in [2.05, 4.69) is 9.72 Å². The van der Waals surface area contributed by atoms with Crippen LogP contribution in [0, 0.1) is 11.3 Å². The minimum atomic E-state index is -0.565. The monoisotopic (exact) mass is 253 g/mol. The predicted octanol–water partition coefficient (Wildman–Crippen LogP) is 1.99. The van der Waals surface area contributed by atoms with Crippen molar-refractivity contribution in [2.75, 3.05) is 12.8 Å². The molecule has 1 aromatic heterocycles. The predicted molar refractivity (Wildman–Crippen MR) is 70.1 cm³/mol. The van der Waals surface area contributed by atoms with Crippen LogP contribution in [0.2, 0.25) is 0 Å². The number of hydrogen-bond donors (Lipinski definition) is 1. The quantitative estimate of drug-likeness (QED) is 0.826. The molecular formula is C14H11N3O2. The molecule has 0 saturated heterocycles. The molecule has 2 N–H and O–H groups in total. The molecular weight excluding hydrogens is 242 g/mol. The summed E-state index contributed by atoms with van der Waals surface area (Å²) >= 11 is 0. The second-order valence-corrected chi connectivity index (χ2v) is 3.82. The average molecular weight is 253 g/mol. The SMILES string of the molecule is COC(=O)c1nc(N)ccc1-c1cccc(C#N)c1. The summed E-state index contributed by atoms with van der Waals surface area (Å²) in [6.07, 6.45) is 0. The lowest BCUT2D eigenvalue weighted by Gasteiger charge is -2.08. The number of rotatable bonds is 2. The number of esters is 1. The van der Waals surface area contributed by atoms with Crippen molar-refractivity contribution < 1.29 is 9.53 Å². The minimum absolute atomic E-state index is 0.137. The molecule has 0 radical (unpaired) electrons. The van der Waals surface area contributed by atoms with Crippen molar-refractivity contribution in [2.45, 2.75) is 0 Å². The highest BCUT2D eigenvalue weighted by molar-refractivity contribution is 5.95. The number of benzene rings is 1. The molecule has 0 spiro atoms. The van der Waals surface area contributed by atoms with Gasteiger partial charge >= 0.3 is 5.97 Å². The Morgan fingerprint density at radius 1 is 1.37 bits per heavy atom. The van der Waals surface area contributed by atoms with Crippen LogP contribution in [-0.4, -0.2) is 18.1 Å². The molecule has 94 valence electrons. The lowest BCUT2D eigenvalue weighted by molar-refractivity contribution is 0.0595. The highest BCUT2D eigenvalue weighted by atomic mass is 16.5. The van der Waals surface area contributed by atoms with E-state index < -0.39 is 5.97 Å². The van der Waals surface area contributed by atoms with E-state index in [-0.39, 0.29) is 11.5 Å². The van der Waals surface area contributed by atoms with Gasteiger partial charge in [-0.2, -0.15) is 5.26 Å². The first-order valence-corrected chi connectivity index (χ1v) is 5.51. The van der Waals surface area contributed by atoms with Crippen LogP contribution >= 0.6 is 0 Å². The number of nitrogens with two attached hydrogens (primary N) is 1. The van der Waals surface area contributed by atoms with Crippen LogP contribution in [-0.2, 0) is 4.74 Å². The van der Waals surface area contributed by atoms with E-state index >= 15 is 0 Å². The van der Waals surface area contributed by atoms with Crippen molar-refractivity contribution in [1.82, 2.24) is 4.98 Å². The van der Waals surface area contributed by atoms with E-state index in [0.717, 1.165) is 0 Å². The molecule has 2 aromatic rings. The number of anilines is 1. The molecule has 19 heavy (non-hydrogen) atoms. The van der Waals surface area contributed by atoms with Crippen LogP contribution < -0.4 is 5.73 Å². The zero-order chi connectivity index (χ0) is 13.8. The Morgan fingerprint density at radius 2 is 2.16 bits per heavy atom. The third-order valence-corrected chi connectivity index (χ3v) is 2.60. The van der Waals surface area contributed by atoms with Gasteiger partial charge in [0, 0.05) is 5.56 Å². The summed E-state index contributed by atoms with van der Waals surface area (Å²) in [6, 6.07) is 12.2. The third-order valence-electron chi connectivity index (χ3n) is 2.60. The normalized spacial score (nSPS) is 9.68. The van der Waals surface area contributed by atoms with Gasteiger partial charge in [0.15, 0.2) is 5.69 Å². The van der Waals surface area contributed by atoms with Crippen LogP contribution in [0.1, 0.15) is 16.1 Å². The van der Waals surface area contributed by atoms with Crippen LogP contribution in [0.25, 0.3) is 11.1 Å². The maximum absolute atomic E-state index is 11.7. The Labute approximate surface area is 110 Å². The van der Waals surface area contributed by atoms with Crippen molar-refractivity contribution in [3.05, 3.63) is 47.7 Å². The maximum atomic E-state index is 11.7. The summed E-state index contributed by atoms with van der Waals surface area (Å²) in [4.78, 5) is 15.7. The van der Waals surface area contributed by atoms with Crippen LogP contribution in [0.15, 0.2) is 36.4 Å². The average Bonchev–Trinajstić information content (AvgIpc) is 2.46. The fraction of sp³-hybridized carbons (Fsp3) is 0.0714. The Bertz CT molecular complexity index is 675. The molecule has 1 heterocycles. The number of nitriles is 1. The number of methoxy groups -OCH3 is 1. The number of nitrogens with zero attached hydrogens (tertiary/aromatic N) is 2. The number of pyridine rings is 1. The fourth-order valence-corrected chi connectivity index (χ4v) is 1.72. The number of carbonyl (C=O) groups is 1. The van der Waals surface area contributed by atoms with Crippen LogP contribution in [0.5, 0.6) is 0 Å². The van der Waals surface area contributed by atoms with Crippen molar-refractivity contribution in [3.8, 4) is 17.2 Å². The summed E-state index contributed by atoms with van der Waals surface area (Å²) in [5.41, 5.74) is 7.52. The van der Waals surface area contributed by atoms with Crippen LogP contribution in [0.3, 0.4) is 0 Å². The fourth-order valence-electron chi connectivity index (χ4n) is 1.72. The summed E-state index contributed by atoms with van der Waals surface area (Å²) < 4.78 is 4.69. The zero-order valence-corrected chi connectivity index (χ0v) is 10.3. The van der Waals surface area contributed by atoms with Gasteiger partial charge in [-0.25, -0.2) is 9.78 Å². The Kier molecular flexibility index (Phi) is 3.44. The van der Waals surface area contributed by atoms with Gasteiger partial charge in [0.25, 0.3) is 0 Å². The zero-order valence-electron chi connectivity index (χ0n) is 10.3. The largest absolute Gasteiger partial charge is 0.464 e. The molecule has 0 amide bonds. The summed E-state index contributed by atoms with van der Waals surface area (Å²) in [5, 5.41) is 8.90. The summed E-state index contributed by atoms with van der Waals surface area (Å²) in [7, 11) is 1.28. The van der Waals surface area contributed by atoms with E-state index in [4.69, 9.17) is 11.0 Å². The molecule has 0 aliphatic rings. The summed E-state index contributed by atoms with van der Waals surface area (Å²) in [5.74, 6) is -0.328. The number of carbonyl (C=O) groups excluding carboxylic acids is 1. The van der Waals surface area contributed by atoms with Gasteiger partial charge in [0.2, 0.25) is 0 Å². The van der Waals surface area contributed by atoms with E-state index in [1.165, 1.54) is 7.11 Å². The lowest BCUT2D eigenvalue weighted by atomic mass is 10.0.